The third-order valence-electron chi connectivity index (χ3n) is 3.34. The van der Waals surface area contributed by atoms with E-state index in [9.17, 15) is 5.11 Å². The van der Waals surface area contributed by atoms with Gasteiger partial charge in [-0.25, -0.2) is 0 Å². The molecule has 1 aliphatic heterocycles. The fourth-order valence-corrected chi connectivity index (χ4v) is 2.57. The van der Waals surface area contributed by atoms with Gasteiger partial charge in [0.15, 0.2) is 0 Å². The third-order valence-corrected chi connectivity index (χ3v) is 3.57. The third kappa shape index (κ3) is 2.54. The standard InChI is InChI=1S/C14H20ClNO2/c1-4-12-14(17,18-9-13(2,3)16-12)10-6-5-7-11(15)8-10/h5-8,12,16-17H,4,9H2,1-3H3. The molecular formula is C14H20ClNO2. The van der Waals surface area contributed by atoms with Gasteiger partial charge in [-0.3, -0.25) is 0 Å². The molecule has 1 saturated heterocycles. The molecule has 3 nitrogen and oxygen atoms in total. The normalized spacial score (nSPS) is 31.3. The van der Waals surface area contributed by atoms with Crippen LogP contribution in [-0.2, 0) is 10.5 Å². The first-order valence-corrected chi connectivity index (χ1v) is 6.65. The van der Waals surface area contributed by atoms with Crippen LogP contribution in [0.15, 0.2) is 24.3 Å². The van der Waals surface area contributed by atoms with Gasteiger partial charge in [0.25, 0.3) is 0 Å². The van der Waals surface area contributed by atoms with Gasteiger partial charge in [0, 0.05) is 16.1 Å². The maximum Gasteiger partial charge on any atom is 0.208 e. The topological polar surface area (TPSA) is 41.5 Å². The van der Waals surface area contributed by atoms with Crippen molar-refractivity contribution < 1.29 is 9.84 Å². The highest BCUT2D eigenvalue weighted by Crippen LogP contribution is 2.35. The Balaban J connectivity index is 2.35. The summed E-state index contributed by atoms with van der Waals surface area (Å²) in [4.78, 5) is 0. The predicted molar refractivity (Wildman–Crippen MR) is 72.6 cm³/mol. The summed E-state index contributed by atoms with van der Waals surface area (Å²) in [5, 5.41) is 14.8. The van der Waals surface area contributed by atoms with Gasteiger partial charge in [0.2, 0.25) is 5.79 Å². The molecular weight excluding hydrogens is 250 g/mol. The Morgan fingerprint density at radius 3 is 2.83 bits per heavy atom. The fraction of sp³-hybridized carbons (Fsp3) is 0.571. The van der Waals surface area contributed by atoms with Crippen molar-refractivity contribution in [3.63, 3.8) is 0 Å². The summed E-state index contributed by atoms with van der Waals surface area (Å²) in [6.45, 7) is 6.60. The molecule has 1 heterocycles. The molecule has 0 saturated carbocycles. The lowest BCUT2D eigenvalue weighted by Crippen LogP contribution is -2.64. The van der Waals surface area contributed by atoms with Crippen LogP contribution < -0.4 is 5.32 Å². The second-order valence-corrected chi connectivity index (χ2v) is 5.92. The average molecular weight is 270 g/mol. The molecule has 1 aromatic carbocycles. The van der Waals surface area contributed by atoms with Crippen LogP contribution in [0.25, 0.3) is 0 Å². The Hall–Kier alpha value is -0.610. The van der Waals surface area contributed by atoms with Crippen molar-refractivity contribution in [3.8, 4) is 0 Å². The van der Waals surface area contributed by atoms with E-state index in [1.807, 2.05) is 19.1 Å². The summed E-state index contributed by atoms with van der Waals surface area (Å²) in [6.07, 6.45) is 0.770. The minimum atomic E-state index is -1.31. The van der Waals surface area contributed by atoms with E-state index < -0.39 is 5.79 Å². The second-order valence-electron chi connectivity index (χ2n) is 5.48. The maximum absolute atomic E-state index is 10.8. The number of ether oxygens (including phenoxy) is 1. The molecule has 2 atom stereocenters. The predicted octanol–water partition coefficient (Wildman–Crippen LogP) is 2.66. The fourth-order valence-electron chi connectivity index (χ4n) is 2.38. The van der Waals surface area contributed by atoms with Gasteiger partial charge in [-0.2, -0.15) is 0 Å². The monoisotopic (exact) mass is 269 g/mol. The number of hydrogen-bond acceptors (Lipinski definition) is 3. The number of rotatable bonds is 2. The molecule has 1 aliphatic rings. The highest BCUT2D eigenvalue weighted by atomic mass is 35.5. The van der Waals surface area contributed by atoms with E-state index in [0.717, 1.165) is 6.42 Å². The zero-order chi connectivity index (χ0) is 13.4. The molecule has 2 rings (SSSR count). The molecule has 0 aromatic heterocycles. The van der Waals surface area contributed by atoms with Crippen LogP contribution in [0.4, 0.5) is 0 Å². The summed E-state index contributed by atoms with van der Waals surface area (Å²) in [5.74, 6) is -1.31. The summed E-state index contributed by atoms with van der Waals surface area (Å²) in [5.41, 5.74) is 0.565. The number of nitrogens with one attached hydrogen (secondary N) is 1. The van der Waals surface area contributed by atoms with E-state index in [-0.39, 0.29) is 11.6 Å². The van der Waals surface area contributed by atoms with Gasteiger partial charge in [0.05, 0.1) is 12.6 Å². The van der Waals surface area contributed by atoms with Gasteiger partial charge in [-0.05, 0) is 32.4 Å². The van der Waals surface area contributed by atoms with Crippen molar-refractivity contribution in [1.29, 1.82) is 0 Å². The van der Waals surface area contributed by atoms with Crippen molar-refractivity contribution >= 4 is 11.6 Å². The van der Waals surface area contributed by atoms with Crippen molar-refractivity contribution in [3.05, 3.63) is 34.9 Å². The molecule has 0 bridgehead atoms. The molecule has 100 valence electrons. The van der Waals surface area contributed by atoms with Gasteiger partial charge in [-0.15, -0.1) is 0 Å². The molecule has 1 fully saturated rings. The molecule has 2 unspecified atom stereocenters. The smallest absolute Gasteiger partial charge is 0.208 e. The number of hydrogen-bond donors (Lipinski definition) is 2. The highest BCUT2D eigenvalue weighted by Gasteiger charge is 2.46. The van der Waals surface area contributed by atoms with Crippen LogP contribution in [0.2, 0.25) is 5.02 Å². The number of benzene rings is 1. The molecule has 0 spiro atoms. The Kier molecular flexibility index (Phi) is 3.70. The van der Waals surface area contributed by atoms with Gasteiger partial charge in [-0.1, -0.05) is 30.7 Å². The Morgan fingerprint density at radius 2 is 2.22 bits per heavy atom. The Bertz CT molecular complexity index is 436. The molecule has 18 heavy (non-hydrogen) atoms. The lowest BCUT2D eigenvalue weighted by atomic mass is 9.90. The summed E-state index contributed by atoms with van der Waals surface area (Å²) in [6, 6.07) is 7.06. The Morgan fingerprint density at radius 1 is 1.50 bits per heavy atom. The van der Waals surface area contributed by atoms with Crippen molar-refractivity contribution in [2.45, 2.75) is 44.6 Å². The average Bonchev–Trinajstić information content (AvgIpc) is 2.32. The van der Waals surface area contributed by atoms with E-state index in [1.54, 1.807) is 12.1 Å². The first kappa shape index (κ1) is 13.8. The second kappa shape index (κ2) is 4.82. The number of halogens is 1. The van der Waals surface area contributed by atoms with E-state index in [0.29, 0.717) is 17.2 Å². The van der Waals surface area contributed by atoms with E-state index in [4.69, 9.17) is 16.3 Å². The largest absolute Gasteiger partial charge is 0.361 e. The molecule has 0 radical (unpaired) electrons. The molecule has 2 N–H and O–H groups in total. The number of morpholine rings is 1. The maximum atomic E-state index is 10.8. The quantitative estimate of drug-likeness (QED) is 0.867. The van der Waals surface area contributed by atoms with Gasteiger partial charge >= 0.3 is 0 Å². The summed E-state index contributed by atoms with van der Waals surface area (Å²) < 4.78 is 5.76. The van der Waals surface area contributed by atoms with Crippen molar-refractivity contribution in [1.82, 2.24) is 5.32 Å². The minimum Gasteiger partial charge on any atom is -0.361 e. The lowest BCUT2D eigenvalue weighted by molar-refractivity contribution is -0.267. The summed E-state index contributed by atoms with van der Waals surface area (Å²) >= 11 is 5.99. The summed E-state index contributed by atoms with van der Waals surface area (Å²) in [7, 11) is 0. The van der Waals surface area contributed by atoms with E-state index in [2.05, 4.69) is 19.2 Å². The van der Waals surface area contributed by atoms with Crippen LogP contribution in [0.5, 0.6) is 0 Å². The first-order valence-electron chi connectivity index (χ1n) is 6.27. The van der Waals surface area contributed by atoms with Crippen molar-refractivity contribution in [2.24, 2.45) is 0 Å². The highest BCUT2D eigenvalue weighted by molar-refractivity contribution is 6.30. The van der Waals surface area contributed by atoms with Crippen LogP contribution in [-0.4, -0.2) is 23.3 Å². The van der Waals surface area contributed by atoms with Crippen LogP contribution in [0.3, 0.4) is 0 Å². The molecule has 0 aliphatic carbocycles. The first-order chi connectivity index (χ1) is 8.37. The van der Waals surface area contributed by atoms with E-state index >= 15 is 0 Å². The zero-order valence-corrected chi connectivity index (χ0v) is 11.8. The molecule has 4 heteroatoms. The van der Waals surface area contributed by atoms with Gasteiger partial charge < -0.3 is 15.2 Å². The molecule has 0 amide bonds. The SMILES string of the molecule is CCC1NC(C)(C)COC1(O)c1cccc(Cl)c1. The zero-order valence-electron chi connectivity index (χ0n) is 11.0. The molecule has 1 aromatic rings. The van der Waals surface area contributed by atoms with Crippen LogP contribution in [0.1, 0.15) is 32.8 Å². The van der Waals surface area contributed by atoms with Gasteiger partial charge in [0.1, 0.15) is 0 Å². The van der Waals surface area contributed by atoms with E-state index in [1.165, 1.54) is 0 Å². The van der Waals surface area contributed by atoms with Crippen LogP contribution >= 0.6 is 11.6 Å². The lowest BCUT2D eigenvalue weighted by Gasteiger charge is -2.47. The minimum absolute atomic E-state index is 0.133. The van der Waals surface area contributed by atoms with Crippen molar-refractivity contribution in [2.75, 3.05) is 6.61 Å². The number of aliphatic hydroxyl groups is 1. The van der Waals surface area contributed by atoms with Crippen LogP contribution in [0, 0.1) is 0 Å². The Labute approximate surface area is 113 Å².